The molecular weight excluding hydrogens is 272 g/mol. The molecule has 0 bridgehead atoms. The van der Waals surface area contributed by atoms with E-state index in [-0.39, 0.29) is 5.91 Å². The average molecular weight is 289 g/mol. The number of para-hydroxylation sites is 2. The van der Waals surface area contributed by atoms with E-state index in [0.29, 0.717) is 11.6 Å². The molecule has 0 saturated heterocycles. The highest BCUT2D eigenvalue weighted by Crippen LogP contribution is 2.26. The van der Waals surface area contributed by atoms with E-state index in [4.69, 9.17) is 11.6 Å². The zero-order chi connectivity index (χ0) is 14.5. The number of carbonyl (C=O) groups excluding carboxylic acids is 1. The molecule has 0 saturated carbocycles. The fraction of sp³-hybridized carbons (Fsp3) is 0.188. The summed E-state index contributed by atoms with van der Waals surface area (Å²) in [4.78, 5) is 11.2. The van der Waals surface area contributed by atoms with Crippen LogP contribution < -0.4 is 10.6 Å². The van der Waals surface area contributed by atoms with Crippen LogP contribution >= 0.6 is 11.6 Å². The maximum atomic E-state index is 11.2. The monoisotopic (exact) mass is 288 g/mol. The zero-order valence-electron chi connectivity index (χ0n) is 11.5. The van der Waals surface area contributed by atoms with Crippen LogP contribution in [0.5, 0.6) is 0 Å². The first-order valence-corrected chi connectivity index (χ1v) is 6.80. The van der Waals surface area contributed by atoms with Crippen molar-refractivity contribution in [3.8, 4) is 0 Å². The normalized spacial score (nSPS) is 10.2. The highest BCUT2D eigenvalue weighted by Gasteiger charge is 2.06. The number of halogens is 1. The number of amides is 1. The van der Waals surface area contributed by atoms with Gasteiger partial charge in [0.15, 0.2) is 0 Å². The smallest absolute Gasteiger partial charge is 0.221 e. The van der Waals surface area contributed by atoms with E-state index in [1.807, 2.05) is 49.4 Å². The van der Waals surface area contributed by atoms with Gasteiger partial charge in [-0.3, -0.25) is 4.79 Å². The lowest BCUT2D eigenvalue weighted by Crippen LogP contribution is -2.10. The average Bonchev–Trinajstić information content (AvgIpc) is 2.39. The maximum Gasteiger partial charge on any atom is 0.221 e. The summed E-state index contributed by atoms with van der Waals surface area (Å²) in [7, 11) is 0. The van der Waals surface area contributed by atoms with Crippen molar-refractivity contribution in [3.63, 3.8) is 0 Å². The molecule has 0 spiro atoms. The summed E-state index contributed by atoms with van der Waals surface area (Å²) in [6.45, 7) is 4.11. The number of aryl methyl sites for hydroxylation is 1. The van der Waals surface area contributed by atoms with E-state index in [1.165, 1.54) is 6.92 Å². The number of anilines is 2. The van der Waals surface area contributed by atoms with Crippen LogP contribution in [0.25, 0.3) is 0 Å². The molecule has 0 fully saturated rings. The van der Waals surface area contributed by atoms with E-state index in [2.05, 4.69) is 10.6 Å². The van der Waals surface area contributed by atoms with Crippen molar-refractivity contribution in [1.29, 1.82) is 0 Å². The lowest BCUT2D eigenvalue weighted by molar-refractivity contribution is -0.114. The molecule has 2 rings (SSSR count). The van der Waals surface area contributed by atoms with Crippen LogP contribution in [0.3, 0.4) is 0 Å². The van der Waals surface area contributed by atoms with Gasteiger partial charge in [-0.1, -0.05) is 41.9 Å². The lowest BCUT2D eigenvalue weighted by atomic mass is 10.1. The predicted octanol–water partition coefficient (Wildman–Crippen LogP) is 4.22. The van der Waals surface area contributed by atoms with Gasteiger partial charge in [-0.05, 0) is 30.2 Å². The fourth-order valence-corrected chi connectivity index (χ4v) is 2.31. The Bertz CT molecular complexity index is 605. The van der Waals surface area contributed by atoms with E-state index in [1.54, 1.807) is 0 Å². The van der Waals surface area contributed by atoms with Crippen LogP contribution in [0, 0.1) is 6.92 Å². The molecule has 0 atom stereocenters. The molecule has 0 aliphatic heterocycles. The Balaban J connectivity index is 2.17. The quantitative estimate of drug-likeness (QED) is 0.884. The van der Waals surface area contributed by atoms with Gasteiger partial charge in [-0.25, -0.2) is 0 Å². The fourth-order valence-electron chi connectivity index (χ4n) is 2.03. The van der Waals surface area contributed by atoms with Gasteiger partial charge in [0.2, 0.25) is 5.91 Å². The van der Waals surface area contributed by atoms with Crippen LogP contribution in [-0.4, -0.2) is 5.91 Å². The molecule has 0 heterocycles. The van der Waals surface area contributed by atoms with Gasteiger partial charge in [-0.2, -0.15) is 0 Å². The second-order valence-corrected chi connectivity index (χ2v) is 5.03. The third-order valence-corrected chi connectivity index (χ3v) is 3.32. The number of nitrogens with one attached hydrogen (secondary N) is 2. The lowest BCUT2D eigenvalue weighted by Gasteiger charge is -2.14. The van der Waals surface area contributed by atoms with Gasteiger partial charge < -0.3 is 10.6 Å². The maximum absolute atomic E-state index is 11.2. The molecule has 0 radical (unpaired) electrons. The molecule has 104 valence electrons. The second kappa shape index (κ2) is 6.44. The Morgan fingerprint density at radius 2 is 1.90 bits per heavy atom. The van der Waals surface area contributed by atoms with Gasteiger partial charge in [-0.15, -0.1) is 0 Å². The minimum atomic E-state index is -0.0774. The van der Waals surface area contributed by atoms with Crippen LogP contribution in [0.1, 0.15) is 18.1 Å². The minimum absolute atomic E-state index is 0.0774. The van der Waals surface area contributed by atoms with Crippen molar-refractivity contribution in [2.75, 3.05) is 10.6 Å². The van der Waals surface area contributed by atoms with E-state index >= 15 is 0 Å². The van der Waals surface area contributed by atoms with Crippen molar-refractivity contribution in [3.05, 3.63) is 58.6 Å². The van der Waals surface area contributed by atoms with Crippen molar-refractivity contribution >= 4 is 28.9 Å². The Labute approximate surface area is 124 Å². The Kier molecular flexibility index (Phi) is 4.64. The highest BCUT2D eigenvalue weighted by atomic mass is 35.5. The molecule has 20 heavy (non-hydrogen) atoms. The summed E-state index contributed by atoms with van der Waals surface area (Å²) in [5, 5.41) is 6.85. The molecule has 1 amide bonds. The first kappa shape index (κ1) is 14.4. The number of rotatable bonds is 4. The SMILES string of the molecule is CC(=O)Nc1ccccc1CNc1c(C)cccc1Cl. The Hall–Kier alpha value is -2.00. The molecule has 3 nitrogen and oxygen atoms in total. The summed E-state index contributed by atoms with van der Waals surface area (Å²) in [6.07, 6.45) is 0. The number of hydrogen-bond donors (Lipinski definition) is 2. The zero-order valence-corrected chi connectivity index (χ0v) is 12.3. The minimum Gasteiger partial charge on any atom is -0.379 e. The van der Waals surface area contributed by atoms with E-state index < -0.39 is 0 Å². The van der Waals surface area contributed by atoms with Gasteiger partial charge >= 0.3 is 0 Å². The number of benzene rings is 2. The Morgan fingerprint density at radius 1 is 1.15 bits per heavy atom. The molecule has 2 N–H and O–H groups in total. The molecule has 0 unspecified atom stereocenters. The first-order valence-electron chi connectivity index (χ1n) is 6.42. The summed E-state index contributed by atoms with van der Waals surface area (Å²) < 4.78 is 0. The van der Waals surface area contributed by atoms with Gasteiger partial charge in [0, 0.05) is 19.2 Å². The molecule has 0 aromatic heterocycles. The largest absolute Gasteiger partial charge is 0.379 e. The predicted molar refractivity (Wildman–Crippen MR) is 84.3 cm³/mol. The molecular formula is C16H17ClN2O. The molecule has 2 aromatic rings. The summed E-state index contributed by atoms with van der Waals surface area (Å²) in [5.74, 6) is -0.0774. The highest BCUT2D eigenvalue weighted by molar-refractivity contribution is 6.33. The number of hydrogen-bond acceptors (Lipinski definition) is 2. The summed E-state index contributed by atoms with van der Waals surface area (Å²) in [5.41, 5.74) is 3.85. The van der Waals surface area contributed by atoms with Gasteiger partial charge in [0.25, 0.3) is 0 Å². The number of carbonyl (C=O) groups is 1. The standard InChI is InChI=1S/C16H17ClN2O/c1-11-6-5-8-14(17)16(11)18-10-13-7-3-4-9-15(13)19-12(2)20/h3-9,18H,10H2,1-2H3,(H,19,20). The van der Waals surface area contributed by atoms with Crippen molar-refractivity contribution in [2.45, 2.75) is 20.4 Å². The van der Waals surface area contributed by atoms with Gasteiger partial charge in [0.1, 0.15) is 0 Å². The molecule has 4 heteroatoms. The topological polar surface area (TPSA) is 41.1 Å². The van der Waals surface area contributed by atoms with Crippen molar-refractivity contribution in [1.82, 2.24) is 0 Å². The van der Waals surface area contributed by atoms with Crippen LogP contribution in [0.15, 0.2) is 42.5 Å². The first-order chi connectivity index (χ1) is 9.58. The third kappa shape index (κ3) is 3.52. The van der Waals surface area contributed by atoms with Gasteiger partial charge in [0.05, 0.1) is 10.7 Å². The van der Waals surface area contributed by atoms with Crippen molar-refractivity contribution < 1.29 is 4.79 Å². The second-order valence-electron chi connectivity index (χ2n) is 4.62. The summed E-state index contributed by atoms with van der Waals surface area (Å²) in [6, 6.07) is 13.5. The van der Waals surface area contributed by atoms with Crippen LogP contribution in [-0.2, 0) is 11.3 Å². The van der Waals surface area contributed by atoms with Crippen LogP contribution in [0.4, 0.5) is 11.4 Å². The molecule has 2 aromatic carbocycles. The van der Waals surface area contributed by atoms with E-state index in [9.17, 15) is 4.79 Å². The third-order valence-electron chi connectivity index (χ3n) is 3.01. The Morgan fingerprint density at radius 3 is 2.60 bits per heavy atom. The van der Waals surface area contributed by atoms with E-state index in [0.717, 1.165) is 22.5 Å². The van der Waals surface area contributed by atoms with Crippen LogP contribution in [0.2, 0.25) is 5.02 Å². The van der Waals surface area contributed by atoms with Crippen molar-refractivity contribution in [2.24, 2.45) is 0 Å². The summed E-state index contributed by atoms with van der Waals surface area (Å²) >= 11 is 6.19. The molecule has 0 aliphatic carbocycles. The molecule has 0 aliphatic rings.